The lowest BCUT2D eigenvalue weighted by atomic mass is 10.3. The minimum absolute atomic E-state index is 0.260. The number of thiol groups is 1. The second-order valence-corrected chi connectivity index (χ2v) is 3.57. The molecule has 1 aromatic carbocycles. The van der Waals surface area contributed by atoms with Gasteiger partial charge in [0.2, 0.25) is 0 Å². The predicted molar refractivity (Wildman–Crippen MR) is 50.3 cm³/mol. The topological polar surface area (TPSA) is 12.0 Å². The van der Waals surface area contributed by atoms with Crippen molar-refractivity contribution < 1.29 is 4.39 Å². The van der Waals surface area contributed by atoms with E-state index in [1.165, 1.54) is 18.9 Å². The van der Waals surface area contributed by atoms with Crippen LogP contribution in [0.4, 0.5) is 10.1 Å². The second kappa shape index (κ2) is 2.98. The molecule has 1 aromatic rings. The number of hydrogen-bond acceptors (Lipinski definition) is 2. The second-order valence-electron chi connectivity index (χ2n) is 3.08. The molecule has 0 aromatic heterocycles. The lowest BCUT2D eigenvalue weighted by Gasteiger charge is -2.04. The lowest BCUT2D eigenvalue weighted by Crippen LogP contribution is -2.00. The molecule has 0 aliphatic heterocycles. The maximum Gasteiger partial charge on any atom is 0.138 e. The Kier molecular flexibility index (Phi) is 1.97. The van der Waals surface area contributed by atoms with E-state index in [0.29, 0.717) is 10.9 Å². The van der Waals surface area contributed by atoms with Crippen LogP contribution in [0.15, 0.2) is 23.1 Å². The third kappa shape index (κ3) is 1.72. The summed E-state index contributed by atoms with van der Waals surface area (Å²) in [5, 5.41) is 3.21. The van der Waals surface area contributed by atoms with E-state index in [1.54, 1.807) is 6.07 Å². The Hall–Kier alpha value is -0.700. The van der Waals surface area contributed by atoms with Gasteiger partial charge in [-0.3, -0.25) is 0 Å². The van der Waals surface area contributed by atoms with Crippen LogP contribution in [0.1, 0.15) is 12.8 Å². The molecule has 0 spiro atoms. The fourth-order valence-corrected chi connectivity index (χ4v) is 1.20. The molecule has 64 valence electrons. The van der Waals surface area contributed by atoms with Crippen molar-refractivity contribution in [2.24, 2.45) is 0 Å². The number of halogens is 1. The monoisotopic (exact) mass is 183 g/mol. The van der Waals surface area contributed by atoms with Gasteiger partial charge in [0.25, 0.3) is 0 Å². The minimum Gasteiger partial charge on any atom is -0.382 e. The first-order chi connectivity index (χ1) is 5.75. The molecule has 2 rings (SSSR count). The van der Waals surface area contributed by atoms with Crippen molar-refractivity contribution in [2.45, 2.75) is 23.8 Å². The van der Waals surface area contributed by atoms with Crippen molar-refractivity contribution in [3.8, 4) is 0 Å². The fourth-order valence-electron chi connectivity index (χ4n) is 1.06. The molecule has 0 amide bonds. The Morgan fingerprint density at radius 3 is 2.75 bits per heavy atom. The first-order valence-electron chi connectivity index (χ1n) is 4.01. The van der Waals surface area contributed by atoms with Gasteiger partial charge in [-0.05, 0) is 31.0 Å². The summed E-state index contributed by atoms with van der Waals surface area (Å²) >= 11 is 3.95. The van der Waals surface area contributed by atoms with Gasteiger partial charge in [-0.25, -0.2) is 4.39 Å². The largest absolute Gasteiger partial charge is 0.382 e. The molecule has 12 heavy (non-hydrogen) atoms. The highest BCUT2D eigenvalue weighted by atomic mass is 32.1. The molecular weight excluding hydrogens is 173 g/mol. The van der Waals surface area contributed by atoms with Crippen molar-refractivity contribution in [1.29, 1.82) is 0 Å². The highest BCUT2D eigenvalue weighted by molar-refractivity contribution is 7.80. The normalized spacial score (nSPS) is 16.2. The van der Waals surface area contributed by atoms with Gasteiger partial charge in [0.05, 0.1) is 0 Å². The summed E-state index contributed by atoms with van der Waals surface area (Å²) in [6.45, 7) is 0. The molecule has 0 unspecified atom stereocenters. The zero-order valence-corrected chi connectivity index (χ0v) is 7.44. The Morgan fingerprint density at radius 2 is 2.17 bits per heavy atom. The molecule has 3 heteroatoms. The van der Waals surface area contributed by atoms with Crippen LogP contribution in [-0.2, 0) is 0 Å². The van der Waals surface area contributed by atoms with E-state index >= 15 is 0 Å². The molecule has 0 saturated heterocycles. The number of anilines is 1. The molecule has 0 heterocycles. The van der Waals surface area contributed by atoms with Crippen LogP contribution in [0.2, 0.25) is 0 Å². The first-order valence-corrected chi connectivity index (χ1v) is 4.45. The van der Waals surface area contributed by atoms with E-state index in [2.05, 4.69) is 17.9 Å². The van der Waals surface area contributed by atoms with Crippen molar-refractivity contribution in [2.75, 3.05) is 5.32 Å². The number of rotatable bonds is 2. The Labute approximate surface area is 76.4 Å². The van der Waals surface area contributed by atoms with Crippen molar-refractivity contribution in [3.05, 3.63) is 24.0 Å². The van der Waals surface area contributed by atoms with Crippen LogP contribution in [0, 0.1) is 5.82 Å². The Bertz CT molecular complexity index is 297. The third-order valence-electron chi connectivity index (χ3n) is 1.90. The maximum absolute atomic E-state index is 12.9. The van der Waals surface area contributed by atoms with Gasteiger partial charge in [-0.15, -0.1) is 12.6 Å². The van der Waals surface area contributed by atoms with Gasteiger partial charge < -0.3 is 5.32 Å². The van der Waals surface area contributed by atoms with Gasteiger partial charge in [-0.1, -0.05) is 0 Å². The summed E-state index contributed by atoms with van der Waals surface area (Å²) in [6, 6.07) is 5.57. The molecule has 1 N–H and O–H groups in total. The Balaban J connectivity index is 2.15. The first kappa shape index (κ1) is 7.92. The molecule has 1 aliphatic rings. The van der Waals surface area contributed by atoms with Gasteiger partial charge >= 0.3 is 0 Å². The number of nitrogens with one attached hydrogen (secondary N) is 1. The molecule has 1 saturated carbocycles. The average Bonchev–Trinajstić information content (AvgIpc) is 2.81. The van der Waals surface area contributed by atoms with Crippen LogP contribution in [0.3, 0.4) is 0 Å². The van der Waals surface area contributed by atoms with Crippen LogP contribution >= 0.6 is 12.6 Å². The lowest BCUT2D eigenvalue weighted by molar-refractivity contribution is 0.603. The van der Waals surface area contributed by atoms with Crippen LogP contribution in [0.5, 0.6) is 0 Å². The van der Waals surface area contributed by atoms with Crippen molar-refractivity contribution in [1.82, 2.24) is 0 Å². The average molecular weight is 183 g/mol. The van der Waals surface area contributed by atoms with E-state index in [0.717, 1.165) is 5.69 Å². The highest BCUT2D eigenvalue weighted by Crippen LogP contribution is 2.26. The summed E-state index contributed by atoms with van der Waals surface area (Å²) < 4.78 is 12.9. The summed E-state index contributed by atoms with van der Waals surface area (Å²) in [5.41, 5.74) is 0.854. The maximum atomic E-state index is 12.9. The van der Waals surface area contributed by atoms with Crippen LogP contribution in [-0.4, -0.2) is 6.04 Å². The number of benzene rings is 1. The van der Waals surface area contributed by atoms with E-state index < -0.39 is 0 Å². The fraction of sp³-hybridized carbons (Fsp3) is 0.333. The van der Waals surface area contributed by atoms with E-state index in [9.17, 15) is 4.39 Å². The quantitative estimate of drug-likeness (QED) is 0.672. The molecule has 1 aliphatic carbocycles. The van der Waals surface area contributed by atoms with Crippen LogP contribution < -0.4 is 5.32 Å². The SMILES string of the molecule is Fc1cc(NC2CC2)ccc1S. The number of hydrogen-bond donors (Lipinski definition) is 2. The third-order valence-corrected chi connectivity index (χ3v) is 2.26. The Morgan fingerprint density at radius 1 is 1.42 bits per heavy atom. The molecule has 0 bridgehead atoms. The van der Waals surface area contributed by atoms with Gasteiger partial charge in [0.1, 0.15) is 5.82 Å². The summed E-state index contributed by atoms with van der Waals surface area (Å²) in [6.07, 6.45) is 2.40. The summed E-state index contributed by atoms with van der Waals surface area (Å²) in [7, 11) is 0. The molecule has 0 atom stereocenters. The zero-order valence-electron chi connectivity index (χ0n) is 6.55. The smallest absolute Gasteiger partial charge is 0.138 e. The van der Waals surface area contributed by atoms with Gasteiger partial charge in [0, 0.05) is 16.6 Å². The molecule has 1 nitrogen and oxygen atoms in total. The summed E-state index contributed by atoms with van der Waals surface area (Å²) in [4.78, 5) is 0.399. The molecular formula is C9H10FNS. The van der Waals surface area contributed by atoms with Crippen LogP contribution in [0.25, 0.3) is 0 Å². The van der Waals surface area contributed by atoms with Crippen molar-refractivity contribution >= 4 is 18.3 Å². The minimum atomic E-state index is -0.260. The molecule has 1 fully saturated rings. The van der Waals surface area contributed by atoms with Gasteiger partial charge in [-0.2, -0.15) is 0 Å². The van der Waals surface area contributed by atoms with E-state index in [1.807, 2.05) is 6.07 Å². The van der Waals surface area contributed by atoms with Gasteiger partial charge in [0.15, 0.2) is 0 Å². The zero-order chi connectivity index (χ0) is 8.55. The summed E-state index contributed by atoms with van der Waals surface area (Å²) in [5.74, 6) is -0.260. The molecule has 0 radical (unpaired) electrons. The van der Waals surface area contributed by atoms with E-state index in [-0.39, 0.29) is 5.82 Å². The standard InChI is InChI=1S/C9H10FNS/c10-8-5-7(3-4-9(8)12)11-6-1-2-6/h3-6,11-12H,1-2H2. The highest BCUT2D eigenvalue weighted by Gasteiger charge is 2.20. The van der Waals surface area contributed by atoms with Crippen molar-refractivity contribution in [3.63, 3.8) is 0 Å². The predicted octanol–water partition coefficient (Wildman–Crippen LogP) is 2.69. The van der Waals surface area contributed by atoms with E-state index in [4.69, 9.17) is 0 Å².